The zero-order chi connectivity index (χ0) is 24.8. The first-order valence-corrected chi connectivity index (χ1v) is 15.4. The second kappa shape index (κ2) is 10.3. The van der Waals surface area contributed by atoms with Crippen molar-refractivity contribution in [2.24, 2.45) is 10.9 Å². The Labute approximate surface area is 226 Å². The molecule has 1 aliphatic rings. The molecule has 0 saturated heterocycles. The van der Waals surface area contributed by atoms with Gasteiger partial charge in [0.1, 0.15) is 5.82 Å². The number of aliphatic hydroxyl groups is 1. The van der Waals surface area contributed by atoms with Gasteiger partial charge in [0, 0.05) is 49.3 Å². The molecule has 2 heterocycles. The third kappa shape index (κ3) is 5.14. The molecule has 3 atom stereocenters. The number of imidazole rings is 1. The van der Waals surface area contributed by atoms with Gasteiger partial charge in [-0.25, -0.2) is 0 Å². The standard InChI is InChI=1S/C28H35N4O2Si.Rh/c1-28(2,3)35(4,5)34-24-16-20(15-19(24)17-33)30-23-13-14-29-27-25(23)31-26(32-27)22-12-8-10-18-9-6-7-11-21(18)22;/h6-13,19-20,24,33H,15-17H2,1-5H3,(H2,29,30,31,32);/q-1;/t19-,20+,24-;/m0./s1. The number of aromatic amines is 2. The van der Waals surface area contributed by atoms with Gasteiger partial charge < -0.3 is 24.5 Å². The molecule has 8 heteroatoms. The van der Waals surface area contributed by atoms with Crippen LogP contribution < -0.4 is 5.36 Å². The molecule has 36 heavy (non-hydrogen) atoms. The van der Waals surface area contributed by atoms with Crippen LogP contribution in [0.2, 0.25) is 18.1 Å². The van der Waals surface area contributed by atoms with E-state index in [9.17, 15) is 5.11 Å². The normalized spacial score (nSPS) is 21.3. The Morgan fingerprint density at radius 3 is 2.64 bits per heavy atom. The number of hydrogen-bond donors (Lipinski definition) is 3. The van der Waals surface area contributed by atoms with Gasteiger partial charge in [0.05, 0.1) is 6.10 Å². The molecular weight excluding hydrogens is 555 g/mol. The topological polar surface area (TPSA) is 86.3 Å². The Hall–Kier alpha value is -2.12. The van der Waals surface area contributed by atoms with E-state index >= 15 is 0 Å². The second-order valence-electron chi connectivity index (χ2n) is 11.2. The number of H-pyrrole nitrogens is 2. The molecule has 6 nitrogen and oxygen atoms in total. The maximum absolute atomic E-state index is 10.1. The summed E-state index contributed by atoms with van der Waals surface area (Å²) in [6.45, 7) is 11.4. The number of pyridine rings is 1. The van der Waals surface area contributed by atoms with Gasteiger partial charge in [0.25, 0.3) is 0 Å². The van der Waals surface area contributed by atoms with Gasteiger partial charge in [-0.05, 0) is 52.6 Å². The summed E-state index contributed by atoms with van der Waals surface area (Å²) >= 11 is 0. The van der Waals surface area contributed by atoms with Crippen LogP contribution in [0.15, 0.2) is 53.5 Å². The van der Waals surface area contributed by atoms with Crippen LogP contribution in [0.1, 0.15) is 33.6 Å². The van der Waals surface area contributed by atoms with E-state index in [0.717, 1.165) is 46.1 Å². The van der Waals surface area contributed by atoms with Gasteiger partial charge in [-0.3, -0.25) is 4.98 Å². The Kier molecular flexibility index (Phi) is 7.73. The van der Waals surface area contributed by atoms with Crippen molar-refractivity contribution in [1.29, 1.82) is 0 Å². The maximum atomic E-state index is 10.1. The molecule has 0 bridgehead atoms. The number of benzene rings is 2. The molecule has 1 saturated carbocycles. The molecule has 2 aromatic heterocycles. The monoisotopic (exact) mass is 590 g/mol. The van der Waals surface area contributed by atoms with E-state index in [1.165, 1.54) is 5.39 Å². The van der Waals surface area contributed by atoms with Crippen molar-refractivity contribution in [3.63, 3.8) is 0 Å². The first-order valence-electron chi connectivity index (χ1n) is 12.5. The molecule has 193 valence electrons. The number of aromatic nitrogens is 3. The Balaban J connectivity index is 0.00000304. The molecule has 1 radical (unpaired) electrons. The molecule has 5 rings (SSSR count). The molecule has 0 amide bonds. The fourth-order valence-corrected chi connectivity index (χ4v) is 6.21. The van der Waals surface area contributed by atoms with Crippen LogP contribution in [-0.2, 0) is 23.9 Å². The maximum Gasteiger partial charge on any atom is 0.192 e. The van der Waals surface area contributed by atoms with E-state index in [1.807, 2.05) is 12.1 Å². The molecule has 1 fully saturated rings. The quantitative estimate of drug-likeness (QED) is 0.210. The first-order chi connectivity index (χ1) is 16.7. The number of aliphatic hydroxyl groups excluding tert-OH is 1. The van der Waals surface area contributed by atoms with E-state index < -0.39 is 8.32 Å². The zero-order valence-electron chi connectivity index (χ0n) is 21.6. The zero-order valence-corrected chi connectivity index (χ0v) is 24.2. The van der Waals surface area contributed by atoms with Gasteiger partial charge in [0.2, 0.25) is 0 Å². The average Bonchev–Trinajstić information content (AvgIpc) is 3.42. The van der Waals surface area contributed by atoms with Gasteiger partial charge in [-0.15, -0.1) is 12.3 Å². The third-order valence-electron chi connectivity index (χ3n) is 7.82. The summed E-state index contributed by atoms with van der Waals surface area (Å²) in [7, 11) is -1.93. The van der Waals surface area contributed by atoms with E-state index in [4.69, 9.17) is 14.4 Å². The number of nitrogens with one attached hydrogen (secondary N) is 2. The summed E-state index contributed by atoms with van der Waals surface area (Å²) in [4.78, 5) is 16.6. The predicted molar refractivity (Wildman–Crippen MR) is 143 cm³/mol. The first kappa shape index (κ1) is 26.9. The smallest absolute Gasteiger partial charge is 0.192 e. The minimum atomic E-state index is -1.93. The Morgan fingerprint density at radius 2 is 1.89 bits per heavy atom. The van der Waals surface area contributed by atoms with E-state index in [-0.39, 0.29) is 49.2 Å². The average molecular weight is 591 g/mol. The summed E-state index contributed by atoms with van der Waals surface area (Å²) in [5.74, 6) is 0.920. The molecule has 2 aromatic carbocycles. The van der Waals surface area contributed by atoms with Crippen LogP contribution in [0.25, 0.3) is 33.3 Å². The summed E-state index contributed by atoms with van der Waals surface area (Å²) in [5, 5.41) is 13.4. The van der Waals surface area contributed by atoms with E-state index in [0.29, 0.717) is 0 Å². The number of fused-ring (bicyclic) bond motifs is 2. The van der Waals surface area contributed by atoms with Crippen LogP contribution in [0.3, 0.4) is 0 Å². The van der Waals surface area contributed by atoms with E-state index in [2.05, 4.69) is 86.4 Å². The molecule has 4 aromatic rings. The van der Waals surface area contributed by atoms with Crippen molar-refractivity contribution in [3.8, 4) is 11.4 Å². The van der Waals surface area contributed by atoms with Crippen molar-refractivity contribution in [2.75, 3.05) is 6.61 Å². The van der Waals surface area contributed by atoms with E-state index in [1.54, 1.807) is 0 Å². The minimum Gasteiger partial charge on any atom is -0.452 e. The van der Waals surface area contributed by atoms with Crippen LogP contribution in [0, 0.1) is 12.1 Å². The van der Waals surface area contributed by atoms with Gasteiger partial charge in [0.15, 0.2) is 8.32 Å². The molecule has 0 unspecified atom stereocenters. The number of nitrogens with zero attached hydrogens (tertiary/aromatic N) is 2. The largest absolute Gasteiger partial charge is 0.452 e. The summed E-state index contributed by atoms with van der Waals surface area (Å²) in [5.41, 5.74) is 2.67. The van der Waals surface area contributed by atoms with Crippen molar-refractivity contribution in [3.05, 3.63) is 60.1 Å². The minimum absolute atomic E-state index is 0. The Morgan fingerprint density at radius 1 is 1.14 bits per heavy atom. The van der Waals surface area contributed by atoms with Crippen LogP contribution in [-0.4, -0.2) is 47.1 Å². The predicted octanol–water partition coefficient (Wildman–Crippen LogP) is 5.57. The summed E-state index contributed by atoms with van der Waals surface area (Å²) in [6, 6.07) is 16.6. The molecule has 3 N–H and O–H groups in total. The van der Waals surface area contributed by atoms with Gasteiger partial charge >= 0.3 is 0 Å². The van der Waals surface area contributed by atoms with Crippen LogP contribution >= 0.6 is 0 Å². The van der Waals surface area contributed by atoms with Crippen molar-refractivity contribution < 1.29 is 29.0 Å². The Bertz CT molecular complexity index is 1420. The fourth-order valence-electron chi connectivity index (χ4n) is 4.81. The van der Waals surface area contributed by atoms with Crippen molar-refractivity contribution >= 4 is 30.3 Å². The fraction of sp³-hybridized carbons (Fsp3) is 0.429. The number of hydrogen-bond acceptors (Lipinski definition) is 4. The third-order valence-corrected chi connectivity index (χ3v) is 12.3. The van der Waals surface area contributed by atoms with Crippen molar-refractivity contribution in [2.45, 2.75) is 63.9 Å². The second-order valence-corrected chi connectivity index (χ2v) is 16.0. The SMILES string of the molecule is CC(C)(C)[Si](C)(C)O[C@H]1C[C@H](N=c2c[c-][nH]c3nc(-c4cccc5ccccc45)[nH]c23)C[C@H]1CO.[Rh]. The molecule has 1 aliphatic carbocycles. The molecule has 0 spiro atoms. The summed E-state index contributed by atoms with van der Waals surface area (Å²) in [6.07, 6.45) is 4.78. The van der Waals surface area contributed by atoms with Gasteiger partial charge in [-0.2, -0.15) is 0 Å². The van der Waals surface area contributed by atoms with Crippen molar-refractivity contribution in [1.82, 2.24) is 15.0 Å². The molecular formula is C28H35N4O2RhSi-. The van der Waals surface area contributed by atoms with Gasteiger partial charge in [-0.1, -0.05) is 63.2 Å². The van der Waals surface area contributed by atoms with Crippen LogP contribution in [0.5, 0.6) is 0 Å². The number of rotatable bonds is 5. The summed E-state index contributed by atoms with van der Waals surface area (Å²) < 4.78 is 6.71. The van der Waals surface area contributed by atoms with Crippen LogP contribution in [0.4, 0.5) is 0 Å². The molecule has 0 aliphatic heterocycles.